The first kappa shape index (κ1) is 18.8. The molecule has 6 nitrogen and oxygen atoms in total. The zero-order valence-corrected chi connectivity index (χ0v) is 14.9. The Morgan fingerprint density at radius 3 is 2.80 bits per heavy atom. The van der Waals surface area contributed by atoms with Gasteiger partial charge in [-0.25, -0.2) is 4.39 Å². The van der Waals surface area contributed by atoms with E-state index in [1.807, 2.05) is 6.92 Å². The Morgan fingerprint density at radius 2 is 2.12 bits per heavy atom. The van der Waals surface area contributed by atoms with E-state index in [0.29, 0.717) is 31.4 Å². The molecule has 0 fully saturated rings. The van der Waals surface area contributed by atoms with Gasteiger partial charge >= 0.3 is 0 Å². The van der Waals surface area contributed by atoms with Crippen molar-refractivity contribution in [3.05, 3.63) is 47.1 Å². The van der Waals surface area contributed by atoms with Crippen LogP contribution in [-0.2, 0) is 19.4 Å². The molecular weight excluding hydrogens is 323 g/mol. The Morgan fingerprint density at radius 1 is 1.28 bits per heavy atom. The van der Waals surface area contributed by atoms with Crippen molar-refractivity contribution in [3.63, 3.8) is 0 Å². The van der Waals surface area contributed by atoms with Gasteiger partial charge in [0.1, 0.15) is 23.9 Å². The average Bonchev–Trinajstić information content (AvgIpc) is 3.03. The minimum atomic E-state index is -0.310. The van der Waals surface area contributed by atoms with Gasteiger partial charge in [0.25, 0.3) is 0 Å². The minimum Gasteiger partial charge on any atom is -0.492 e. The standard InChI is InChI=1S/C18H25FN4O2/c1-4-16-15(17(5-2)25-23-16)12-22-18(20-3)21-9-10-24-14-8-6-7-13(19)11-14/h6-8,11H,4-5,9-10,12H2,1-3H3,(H2,20,21,22). The van der Waals surface area contributed by atoms with E-state index in [1.165, 1.54) is 12.1 Å². The fraction of sp³-hybridized carbons (Fsp3) is 0.444. The van der Waals surface area contributed by atoms with Crippen LogP contribution in [0.1, 0.15) is 30.9 Å². The third-order valence-electron chi connectivity index (χ3n) is 3.72. The van der Waals surface area contributed by atoms with Crippen LogP contribution < -0.4 is 15.4 Å². The fourth-order valence-corrected chi connectivity index (χ4v) is 2.43. The molecule has 0 aliphatic heterocycles. The van der Waals surface area contributed by atoms with Gasteiger partial charge in [-0.1, -0.05) is 25.1 Å². The first-order chi connectivity index (χ1) is 12.2. The Hall–Kier alpha value is -2.57. The van der Waals surface area contributed by atoms with Gasteiger partial charge < -0.3 is 19.9 Å². The van der Waals surface area contributed by atoms with Crippen molar-refractivity contribution in [2.45, 2.75) is 33.2 Å². The molecule has 0 aliphatic carbocycles. The van der Waals surface area contributed by atoms with Crippen LogP contribution in [0.5, 0.6) is 5.75 Å². The monoisotopic (exact) mass is 348 g/mol. The van der Waals surface area contributed by atoms with E-state index in [9.17, 15) is 4.39 Å². The van der Waals surface area contributed by atoms with Gasteiger partial charge in [-0.2, -0.15) is 0 Å². The van der Waals surface area contributed by atoms with E-state index in [0.717, 1.165) is 29.9 Å². The van der Waals surface area contributed by atoms with Crippen LogP contribution in [0.3, 0.4) is 0 Å². The van der Waals surface area contributed by atoms with Gasteiger partial charge in [0.2, 0.25) is 0 Å². The van der Waals surface area contributed by atoms with E-state index >= 15 is 0 Å². The summed E-state index contributed by atoms with van der Waals surface area (Å²) in [4.78, 5) is 4.19. The molecule has 2 aromatic rings. The van der Waals surface area contributed by atoms with Crippen LogP contribution in [0.4, 0.5) is 4.39 Å². The summed E-state index contributed by atoms with van der Waals surface area (Å²) in [6.45, 7) is 5.64. The summed E-state index contributed by atoms with van der Waals surface area (Å²) in [5.41, 5.74) is 2.05. The molecule has 0 aliphatic rings. The first-order valence-electron chi connectivity index (χ1n) is 8.47. The van der Waals surface area contributed by atoms with Gasteiger partial charge in [-0.15, -0.1) is 0 Å². The lowest BCUT2D eigenvalue weighted by Gasteiger charge is -2.13. The predicted octanol–water partition coefficient (Wildman–Crippen LogP) is 2.68. The van der Waals surface area contributed by atoms with Crippen molar-refractivity contribution in [1.82, 2.24) is 15.8 Å². The van der Waals surface area contributed by atoms with Crippen molar-refractivity contribution in [1.29, 1.82) is 0 Å². The quantitative estimate of drug-likeness (QED) is 0.436. The Bertz CT molecular complexity index is 679. The summed E-state index contributed by atoms with van der Waals surface area (Å²) in [6.07, 6.45) is 1.63. The van der Waals surface area contributed by atoms with E-state index in [-0.39, 0.29) is 5.82 Å². The fourth-order valence-electron chi connectivity index (χ4n) is 2.43. The number of nitrogens with one attached hydrogen (secondary N) is 2. The lowest BCUT2D eigenvalue weighted by atomic mass is 10.1. The summed E-state index contributed by atoms with van der Waals surface area (Å²) in [5, 5.41) is 10.5. The van der Waals surface area contributed by atoms with Crippen LogP contribution in [0.15, 0.2) is 33.8 Å². The lowest BCUT2D eigenvalue weighted by molar-refractivity contribution is 0.320. The Kier molecular flexibility index (Phi) is 7.25. The maximum Gasteiger partial charge on any atom is 0.191 e. The van der Waals surface area contributed by atoms with Gasteiger partial charge in [-0.05, 0) is 18.6 Å². The molecule has 0 saturated carbocycles. The molecule has 0 atom stereocenters. The summed E-state index contributed by atoms with van der Waals surface area (Å²) in [5.74, 6) is 1.76. The second kappa shape index (κ2) is 9.66. The average molecular weight is 348 g/mol. The molecule has 2 N–H and O–H groups in total. The third-order valence-corrected chi connectivity index (χ3v) is 3.72. The molecular formula is C18H25FN4O2. The van der Waals surface area contributed by atoms with Crippen molar-refractivity contribution >= 4 is 5.96 Å². The Labute approximate surface area is 147 Å². The van der Waals surface area contributed by atoms with Crippen molar-refractivity contribution in [2.24, 2.45) is 4.99 Å². The van der Waals surface area contributed by atoms with Crippen LogP contribution in [-0.4, -0.2) is 31.3 Å². The van der Waals surface area contributed by atoms with Crippen LogP contribution in [0.25, 0.3) is 0 Å². The predicted molar refractivity (Wildman–Crippen MR) is 95.4 cm³/mol. The summed E-state index contributed by atoms with van der Waals surface area (Å²) < 4.78 is 23.9. The maximum atomic E-state index is 13.1. The topological polar surface area (TPSA) is 71.7 Å². The van der Waals surface area contributed by atoms with Crippen molar-refractivity contribution in [2.75, 3.05) is 20.2 Å². The highest BCUT2D eigenvalue weighted by Crippen LogP contribution is 2.15. The first-order valence-corrected chi connectivity index (χ1v) is 8.47. The van der Waals surface area contributed by atoms with Crippen LogP contribution in [0.2, 0.25) is 0 Å². The number of halogens is 1. The van der Waals surface area contributed by atoms with Gasteiger partial charge in [0, 0.05) is 31.6 Å². The van der Waals surface area contributed by atoms with E-state index < -0.39 is 0 Å². The molecule has 136 valence electrons. The van der Waals surface area contributed by atoms with E-state index in [1.54, 1.807) is 19.2 Å². The molecule has 0 saturated heterocycles. The number of benzene rings is 1. The second-order valence-electron chi connectivity index (χ2n) is 5.40. The number of nitrogens with zero attached hydrogens (tertiary/aromatic N) is 2. The van der Waals surface area contributed by atoms with Crippen molar-refractivity contribution < 1.29 is 13.7 Å². The number of hydrogen-bond acceptors (Lipinski definition) is 4. The molecule has 1 aromatic heterocycles. The number of ether oxygens (including phenoxy) is 1. The highest BCUT2D eigenvalue weighted by atomic mass is 19.1. The summed E-state index contributed by atoms with van der Waals surface area (Å²) in [7, 11) is 1.71. The molecule has 0 bridgehead atoms. The molecule has 25 heavy (non-hydrogen) atoms. The molecule has 2 rings (SSSR count). The number of guanidine groups is 1. The third kappa shape index (κ3) is 5.48. The SMILES string of the molecule is CCc1noc(CC)c1CNC(=NC)NCCOc1cccc(F)c1. The molecule has 1 heterocycles. The zero-order chi connectivity index (χ0) is 18.1. The lowest BCUT2D eigenvalue weighted by Crippen LogP contribution is -2.39. The molecule has 7 heteroatoms. The number of rotatable bonds is 8. The Balaban J connectivity index is 1.78. The number of aliphatic imine (C=N–C) groups is 1. The maximum absolute atomic E-state index is 13.1. The van der Waals surface area contributed by atoms with Gasteiger partial charge in [0.05, 0.1) is 12.2 Å². The normalized spacial score (nSPS) is 11.4. The van der Waals surface area contributed by atoms with Crippen LogP contribution in [0, 0.1) is 5.82 Å². The molecule has 0 unspecified atom stereocenters. The van der Waals surface area contributed by atoms with E-state index in [2.05, 4.69) is 27.7 Å². The molecule has 0 radical (unpaired) electrons. The summed E-state index contributed by atoms with van der Waals surface area (Å²) in [6, 6.07) is 6.09. The largest absolute Gasteiger partial charge is 0.492 e. The summed E-state index contributed by atoms with van der Waals surface area (Å²) >= 11 is 0. The number of aryl methyl sites for hydroxylation is 2. The van der Waals surface area contributed by atoms with Crippen molar-refractivity contribution in [3.8, 4) is 5.75 Å². The second-order valence-corrected chi connectivity index (χ2v) is 5.40. The van der Waals surface area contributed by atoms with Gasteiger partial charge in [-0.3, -0.25) is 4.99 Å². The molecule has 0 spiro atoms. The van der Waals surface area contributed by atoms with Crippen LogP contribution >= 0.6 is 0 Å². The highest BCUT2D eigenvalue weighted by molar-refractivity contribution is 5.79. The number of aromatic nitrogens is 1. The van der Waals surface area contributed by atoms with E-state index in [4.69, 9.17) is 9.26 Å². The highest BCUT2D eigenvalue weighted by Gasteiger charge is 2.13. The zero-order valence-electron chi connectivity index (χ0n) is 14.9. The van der Waals surface area contributed by atoms with Gasteiger partial charge in [0.15, 0.2) is 5.96 Å². The molecule has 0 amide bonds. The molecule has 1 aromatic carbocycles. The smallest absolute Gasteiger partial charge is 0.191 e. The number of hydrogen-bond donors (Lipinski definition) is 2. The minimum absolute atomic E-state index is 0.310.